The van der Waals surface area contributed by atoms with Crippen molar-refractivity contribution in [1.29, 1.82) is 0 Å². The quantitative estimate of drug-likeness (QED) is 0.518. The van der Waals surface area contributed by atoms with E-state index in [1.165, 1.54) is 7.11 Å². The lowest BCUT2D eigenvalue weighted by molar-refractivity contribution is -0.136. The van der Waals surface area contributed by atoms with E-state index in [0.29, 0.717) is 29.8 Å². The Morgan fingerprint density at radius 2 is 1.56 bits per heavy atom. The van der Waals surface area contributed by atoms with E-state index in [0.717, 1.165) is 34.0 Å². The molecule has 34 heavy (non-hydrogen) atoms. The number of halogens is 1. The Kier molecular flexibility index (Phi) is 5.41. The summed E-state index contributed by atoms with van der Waals surface area (Å²) >= 11 is 0. The number of hydrogen-bond donors (Lipinski definition) is 2. The SMILES string of the molecule is COC(=O)C1=Cc2cc(Nc3ncc(F)c(Nc4ccc5c(c4)C=C(C(C)=O)C5)n3)ccc2C1. The van der Waals surface area contributed by atoms with Crippen molar-refractivity contribution in [2.75, 3.05) is 17.7 Å². The zero-order valence-electron chi connectivity index (χ0n) is 18.6. The fraction of sp³-hybridized carbons (Fsp3) is 0.154. The molecule has 0 saturated carbocycles. The number of esters is 1. The van der Waals surface area contributed by atoms with E-state index in [4.69, 9.17) is 4.74 Å². The molecule has 2 aliphatic carbocycles. The number of carbonyl (C=O) groups is 2. The molecule has 2 aliphatic rings. The number of allylic oxidation sites excluding steroid dienone is 1. The molecule has 5 rings (SSSR count). The lowest BCUT2D eigenvalue weighted by Gasteiger charge is -2.11. The summed E-state index contributed by atoms with van der Waals surface area (Å²) < 4.78 is 19.2. The molecule has 0 unspecified atom stereocenters. The summed E-state index contributed by atoms with van der Waals surface area (Å²) in [5, 5.41) is 6.08. The van der Waals surface area contributed by atoms with Crippen molar-refractivity contribution in [1.82, 2.24) is 9.97 Å². The van der Waals surface area contributed by atoms with Crippen molar-refractivity contribution in [3.05, 3.63) is 81.8 Å². The monoisotopic (exact) mass is 456 g/mol. The fourth-order valence-corrected chi connectivity index (χ4v) is 4.09. The minimum atomic E-state index is -0.592. The van der Waals surface area contributed by atoms with Gasteiger partial charge in [0.2, 0.25) is 5.95 Å². The van der Waals surface area contributed by atoms with Crippen molar-refractivity contribution >= 4 is 47.0 Å². The zero-order chi connectivity index (χ0) is 23.8. The lowest BCUT2D eigenvalue weighted by Crippen LogP contribution is -2.04. The van der Waals surface area contributed by atoms with Gasteiger partial charge < -0.3 is 15.4 Å². The molecule has 8 heteroatoms. The van der Waals surface area contributed by atoms with Crippen LogP contribution in [0.1, 0.15) is 29.2 Å². The van der Waals surface area contributed by atoms with E-state index in [9.17, 15) is 14.0 Å². The predicted octanol–water partition coefficient (Wildman–Crippen LogP) is 4.74. The molecule has 7 nitrogen and oxygen atoms in total. The summed E-state index contributed by atoms with van der Waals surface area (Å²) in [6, 6.07) is 11.3. The highest BCUT2D eigenvalue weighted by Gasteiger charge is 2.20. The summed E-state index contributed by atoms with van der Waals surface area (Å²) in [7, 11) is 1.36. The van der Waals surface area contributed by atoms with Crippen LogP contribution in [0, 0.1) is 5.82 Å². The number of rotatable bonds is 6. The first-order chi connectivity index (χ1) is 16.4. The molecule has 0 atom stereocenters. The van der Waals surface area contributed by atoms with Gasteiger partial charge in [-0.05, 0) is 71.2 Å². The third kappa shape index (κ3) is 4.17. The number of aromatic nitrogens is 2. The van der Waals surface area contributed by atoms with Crippen LogP contribution < -0.4 is 10.6 Å². The van der Waals surface area contributed by atoms with Gasteiger partial charge in [0, 0.05) is 29.8 Å². The van der Waals surface area contributed by atoms with Crippen LogP contribution >= 0.6 is 0 Å². The van der Waals surface area contributed by atoms with Gasteiger partial charge in [-0.25, -0.2) is 14.2 Å². The largest absolute Gasteiger partial charge is 0.466 e. The standard InChI is InChI=1S/C26H21FN4O3/c1-14(32)17-7-15-3-5-21(11-18(15)9-17)29-24-23(27)13-28-26(31-24)30-22-6-4-16-8-20(25(33)34-2)10-19(16)12-22/h3-6,9-13H,7-8H2,1-2H3,(H2,28,29,30,31). The van der Waals surface area contributed by atoms with Crippen LogP contribution in [0.3, 0.4) is 0 Å². The number of anilines is 4. The molecule has 0 amide bonds. The van der Waals surface area contributed by atoms with Crippen molar-refractivity contribution in [2.24, 2.45) is 0 Å². The maximum atomic E-state index is 14.4. The Balaban J connectivity index is 1.35. The van der Waals surface area contributed by atoms with Gasteiger partial charge in [0.25, 0.3) is 0 Å². The van der Waals surface area contributed by atoms with Crippen molar-refractivity contribution in [2.45, 2.75) is 19.8 Å². The van der Waals surface area contributed by atoms with Gasteiger partial charge >= 0.3 is 5.97 Å². The molecule has 2 N–H and O–H groups in total. The van der Waals surface area contributed by atoms with E-state index >= 15 is 0 Å². The number of nitrogens with one attached hydrogen (secondary N) is 2. The van der Waals surface area contributed by atoms with E-state index in [1.807, 2.05) is 42.5 Å². The molecule has 0 fully saturated rings. The van der Waals surface area contributed by atoms with Gasteiger partial charge in [0.1, 0.15) is 0 Å². The second-order valence-electron chi connectivity index (χ2n) is 8.21. The number of methoxy groups -OCH3 is 1. The topological polar surface area (TPSA) is 93.2 Å². The van der Waals surface area contributed by atoms with Gasteiger partial charge in [-0.2, -0.15) is 4.98 Å². The molecule has 0 radical (unpaired) electrons. The van der Waals surface area contributed by atoms with E-state index in [1.54, 1.807) is 13.0 Å². The van der Waals surface area contributed by atoms with Crippen molar-refractivity contribution in [3.63, 3.8) is 0 Å². The summed E-state index contributed by atoms with van der Waals surface area (Å²) in [4.78, 5) is 31.8. The Morgan fingerprint density at radius 1 is 0.941 bits per heavy atom. The highest BCUT2D eigenvalue weighted by atomic mass is 19.1. The van der Waals surface area contributed by atoms with Crippen LogP contribution in [0.2, 0.25) is 0 Å². The molecule has 0 saturated heterocycles. The Hall–Kier alpha value is -4.33. The van der Waals surface area contributed by atoms with Crippen LogP contribution in [0.4, 0.5) is 27.5 Å². The third-order valence-electron chi connectivity index (χ3n) is 5.88. The molecule has 0 spiro atoms. The maximum Gasteiger partial charge on any atom is 0.334 e. The summed E-state index contributed by atoms with van der Waals surface area (Å²) in [5.41, 5.74) is 6.63. The maximum absolute atomic E-state index is 14.4. The highest BCUT2D eigenvalue weighted by Crippen LogP contribution is 2.31. The smallest absolute Gasteiger partial charge is 0.334 e. The highest BCUT2D eigenvalue weighted by molar-refractivity contribution is 6.00. The average molecular weight is 456 g/mol. The van der Waals surface area contributed by atoms with Crippen LogP contribution in [0.5, 0.6) is 0 Å². The summed E-state index contributed by atoms with van der Waals surface area (Å²) in [6.07, 6.45) is 5.89. The number of carbonyl (C=O) groups excluding carboxylic acids is 2. The predicted molar refractivity (Wildman–Crippen MR) is 127 cm³/mol. The normalized spacial score (nSPS) is 13.5. The lowest BCUT2D eigenvalue weighted by atomic mass is 10.1. The third-order valence-corrected chi connectivity index (χ3v) is 5.88. The first-order valence-corrected chi connectivity index (χ1v) is 10.7. The first kappa shape index (κ1) is 21.5. The number of nitrogens with zero attached hydrogens (tertiary/aromatic N) is 2. The summed E-state index contributed by atoms with van der Waals surface area (Å²) in [5.74, 6) is -0.639. The molecule has 3 aromatic rings. The number of hydrogen-bond acceptors (Lipinski definition) is 7. The molecule has 170 valence electrons. The number of fused-ring (bicyclic) bond motifs is 2. The molecule has 0 bridgehead atoms. The zero-order valence-corrected chi connectivity index (χ0v) is 18.6. The van der Waals surface area contributed by atoms with Gasteiger partial charge in [-0.3, -0.25) is 4.79 Å². The van der Waals surface area contributed by atoms with E-state index < -0.39 is 5.82 Å². The van der Waals surface area contributed by atoms with Gasteiger partial charge in [0.15, 0.2) is 17.4 Å². The van der Waals surface area contributed by atoms with Crippen LogP contribution in [-0.2, 0) is 27.2 Å². The summed E-state index contributed by atoms with van der Waals surface area (Å²) in [6.45, 7) is 1.55. The van der Waals surface area contributed by atoms with E-state index in [-0.39, 0.29) is 23.5 Å². The van der Waals surface area contributed by atoms with Gasteiger partial charge in [-0.15, -0.1) is 0 Å². The second-order valence-corrected chi connectivity index (χ2v) is 8.21. The Morgan fingerprint density at radius 3 is 2.21 bits per heavy atom. The molecular formula is C26H21FN4O3. The Labute approximate surface area is 195 Å². The van der Waals surface area contributed by atoms with Crippen molar-refractivity contribution < 1.29 is 18.7 Å². The number of benzene rings is 2. The molecule has 1 aromatic heterocycles. The minimum absolute atomic E-state index is 0.0280. The van der Waals surface area contributed by atoms with Gasteiger partial charge in [-0.1, -0.05) is 12.1 Å². The molecule has 1 heterocycles. The Bertz CT molecular complexity index is 1410. The van der Waals surface area contributed by atoms with Crippen molar-refractivity contribution in [3.8, 4) is 0 Å². The fourth-order valence-electron chi connectivity index (χ4n) is 4.09. The molecule has 2 aromatic carbocycles. The first-order valence-electron chi connectivity index (χ1n) is 10.7. The average Bonchev–Trinajstić information content (AvgIpc) is 3.44. The molecular weight excluding hydrogens is 435 g/mol. The number of Topliss-reactive ketones (excluding diaryl/α,β-unsaturated/α-hetero) is 1. The van der Waals surface area contributed by atoms with Crippen LogP contribution in [0.15, 0.2) is 53.7 Å². The van der Waals surface area contributed by atoms with Gasteiger partial charge in [0.05, 0.1) is 13.3 Å². The number of ether oxygens (including phenoxy) is 1. The van der Waals surface area contributed by atoms with Crippen LogP contribution in [0.25, 0.3) is 12.2 Å². The second kappa shape index (κ2) is 8.55. The minimum Gasteiger partial charge on any atom is -0.466 e. The molecule has 0 aliphatic heterocycles. The van der Waals surface area contributed by atoms with E-state index in [2.05, 4.69) is 20.6 Å². The number of ketones is 1. The van der Waals surface area contributed by atoms with Crippen LogP contribution in [-0.4, -0.2) is 28.8 Å².